The molecule has 116 valence electrons. The average Bonchev–Trinajstić information content (AvgIpc) is 2.65. The Balaban J connectivity index is 2.19. The maximum absolute atomic E-state index is 14.0. The van der Waals surface area contributed by atoms with Crippen LogP contribution in [0.1, 0.15) is 31.7 Å². The van der Waals surface area contributed by atoms with Crippen molar-refractivity contribution in [1.29, 1.82) is 0 Å². The van der Waals surface area contributed by atoms with Gasteiger partial charge in [-0.3, -0.25) is 4.79 Å². The van der Waals surface area contributed by atoms with Crippen LogP contribution in [0.15, 0.2) is 23.4 Å². The van der Waals surface area contributed by atoms with E-state index < -0.39 is 40.8 Å². The topological polar surface area (TPSA) is 55.4 Å². The minimum absolute atomic E-state index is 0.0782. The van der Waals surface area contributed by atoms with Gasteiger partial charge >= 0.3 is 5.97 Å². The van der Waals surface area contributed by atoms with Gasteiger partial charge in [-0.15, -0.1) is 0 Å². The molecule has 0 spiro atoms. The van der Waals surface area contributed by atoms with Gasteiger partial charge in [0, 0.05) is 12.3 Å². The van der Waals surface area contributed by atoms with Crippen LogP contribution in [0.3, 0.4) is 0 Å². The number of halogens is 3. The van der Waals surface area contributed by atoms with E-state index in [1.165, 1.54) is 0 Å². The van der Waals surface area contributed by atoms with Crippen LogP contribution in [-0.2, 0) is 14.3 Å². The lowest BCUT2D eigenvalue weighted by atomic mass is 9.82. The Morgan fingerprint density at radius 2 is 1.86 bits per heavy atom. The number of amides is 1. The Bertz CT molecular complexity index is 740. The highest BCUT2D eigenvalue weighted by Gasteiger charge is 2.48. The highest BCUT2D eigenvalue weighted by molar-refractivity contribution is 5.99. The van der Waals surface area contributed by atoms with Crippen molar-refractivity contribution in [1.82, 2.24) is 5.32 Å². The predicted octanol–water partition coefficient (Wildman–Crippen LogP) is 2.30. The van der Waals surface area contributed by atoms with E-state index in [4.69, 9.17) is 4.74 Å². The van der Waals surface area contributed by atoms with E-state index in [1.807, 2.05) is 0 Å². The molecule has 3 rings (SSSR count). The highest BCUT2D eigenvalue weighted by atomic mass is 19.2. The number of nitrogens with one attached hydrogen (secondary N) is 1. The van der Waals surface area contributed by atoms with Gasteiger partial charge in [-0.25, -0.2) is 18.0 Å². The third kappa shape index (κ3) is 2.00. The zero-order valence-corrected chi connectivity index (χ0v) is 11.8. The Morgan fingerprint density at radius 1 is 1.18 bits per heavy atom. The number of rotatable bonds is 1. The summed E-state index contributed by atoms with van der Waals surface area (Å²) in [5.41, 5.74) is -0.983. The molecule has 7 heteroatoms. The SMILES string of the molecule is CC1(C)OC(=O)C2=C1NC(=O)C[C@H]2c1ccc(F)c(F)c1F. The second-order valence-electron chi connectivity index (χ2n) is 5.76. The van der Waals surface area contributed by atoms with Crippen molar-refractivity contribution in [2.75, 3.05) is 0 Å². The number of carbonyl (C=O) groups excluding carboxylic acids is 2. The van der Waals surface area contributed by atoms with Gasteiger partial charge in [0.15, 0.2) is 17.5 Å². The number of ether oxygens (including phenoxy) is 1. The van der Waals surface area contributed by atoms with Crippen molar-refractivity contribution >= 4 is 11.9 Å². The summed E-state index contributed by atoms with van der Waals surface area (Å²) in [6.07, 6.45) is -0.244. The van der Waals surface area contributed by atoms with Crippen LogP contribution in [-0.4, -0.2) is 17.5 Å². The van der Waals surface area contributed by atoms with E-state index in [-0.39, 0.29) is 23.3 Å². The fourth-order valence-corrected chi connectivity index (χ4v) is 2.85. The number of cyclic esters (lactones) is 1. The van der Waals surface area contributed by atoms with Crippen molar-refractivity contribution < 1.29 is 27.5 Å². The van der Waals surface area contributed by atoms with Gasteiger partial charge in [0.2, 0.25) is 5.91 Å². The predicted molar refractivity (Wildman–Crippen MR) is 69.0 cm³/mol. The van der Waals surface area contributed by atoms with E-state index in [0.29, 0.717) is 0 Å². The summed E-state index contributed by atoms with van der Waals surface area (Å²) < 4.78 is 45.7. The third-order valence-corrected chi connectivity index (χ3v) is 3.88. The van der Waals surface area contributed by atoms with Gasteiger partial charge in [0.25, 0.3) is 0 Å². The van der Waals surface area contributed by atoms with Gasteiger partial charge in [0.05, 0.1) is 11.3 Å². The lowest BCUT2D eigenvalue weighted by Crippen LogP contribution is -2.38. The summed E-state index contributed by atoms with van der Waals surface area (Å²) in [7, 11) is 0. The Hall–Kier alpha value is -2.31. The molecule has 1 amide bonds. The molecule has 0 fully saturated rings. The summed E-state index contributed by atoms with van der Waals surface area (Å²) in [5.74, 6) is -6.51. The summed E-state index contributed by atoms with van der Waals surface area (Å²) in [5, 5.41) is 2.55. The van der Waals surface area contributed by atoms with Crippen molar-refractivity contribution in [3.8, 4) is 0 Å². The first-order chi connectivity index (χ1) is 10.2. The smallest absolute Gasteiger partial charge is 0.337 e. The second-order valence-corrected chi connectivity index (χ2v) is 5.76. The molecule has 0 aliphatic carbocycles. The minimum Gasteiger partial charge on any atom is -0.450 e. The van der Waals surface area contributed by atoms with E-state index in [1.54, 1.807) is 13.8 Å². The number of hydrogen-bond donors (Lipinski definition) is 1. The minimum atomic E-state index is -1.63. The van der Waals surface area contributed by atoms with E-state index >= 15 is 0 Å². The van der Waals surface area contributed by atoms with E-state index in [2.05, 4.69) is 5.32 Å². The van der Waals surface area contributed by atoms with Crippen LogP contribution in [0.2, 0.25) is 0 Å². The number of benzene rings is 1. The molecule has 1 aromatic carbocycles. The molecule has 1 atom stereocenters. The van der Waals surface area contributed by atoms with Crippen molar-refractivity contribution in [2.24, 2.45) is 0 Å². The molecule has 1 aromatic rings. The normalized spacial score (nSPS) is 23.2. The molecule has 0 radical (unpaired) electrons. The number of esters is 1. The molecule has 0 unspecified atom stereocenters. The Morgan fingerprint density at radius 3 is 2.55 bits per heavy atom. The largest absolute Gasteiger partial charge is 0.450 e. The maximum Gasteiger partial charge on any atom is 0.337 e. The molecule has 2 aliphatic rings. The quantitative estimate of drug-likeness (QED) is 0.639. The van der Waals surface area contributed by atoms with Crippen LogP contribution in [0.5, 0.6) is 0 Å². The zero-order valence-electron chi connectivity index (χ0n) is 11.8. The maximum atomic E-state index is 14.0. The molecule has 22 heavy (non-hydrogen) atoms. The fraction of sp³-hybridized carbons (Fsp3) is 0.333. The molecule has 0 aromatic heterocycles. The number of carbonyl (C=O) groups is 2. The Kier molecular flexibility index (Phi) is 3.05. The molecule has 4 nitrogen and oxygen atoms in total. The summed E-state index contributed by atoms with van der Waals surface area (Å²) >= 11 is 0. The third-order valence-electron chi connectivity index (χ3n) is 3.88. The summed E-state index contributed by atoms with van der Waals surface area (Å²) in [6, 6.07) is 1.81. The molecule has 2 heterocycles. The first kappa shape index (κ1) is 14.6. The second kappa shape index (κ2) is 4.59. The first-order valence-corrected chi connectivity index (χ1v) is 6.63. The summed E-state index contributed by atoms with van der Waals surface area (Å²) in [6.45, 7) is 3.16. The molecule has 0 saturated carbocycles. The average molecular weight is 311 g/mol. The standard InChI is InChI=1S/C15H12F3NO3/c1-15(2)13-10(14(21)22-15)7(5-9(20)19-13)6-3-4-8(16)12(18)11(6)17/h3-4,7H,5H2,1-2H3,(H,19,20)/t7-/m0/s1. The fourth-order valence-electron chi connectivity index (χ4n) is 2.85. The van der Waals surface area contributed by atoms with Gasteiger partial charge in [0.1, 0.15) is 5.60 Å². The van der Waals surface area contributed by atoms with Crippen LogP contribution < -0.4 is 5.32 Å². The van der Waals surface area contributed by atoms with Gasteiger partial charge in [-0.05, 0) is 25.5 Å². The lowest BCUT2D eigenvalue weighted by Gasteiger charge is -2.27. The van der Waals surface area contributed by atoms with Gasteiger partial charge in [-0.1, -0.05) is 6.07 Å². The molecule has 2 aliphatic heterocycles. The zero-order chi connectivity index (χ0) is 16.2. The van der Waals surface area contributed by atoms with Crippen LogP contribution >= 0.6 is 0 Å². The van der Waals surface area contributed by atoms with Crippen molar-refractivity contribution in [3.05, 3.63) is 46.4 Å². The van der Waals surface area contributed by atoms with Crippen LogP contribution in [0.4, 0.5) is 13.2 Å². The molecule has 0 bridgehead atoms. The van der Waals surface area contributed by atoms with Crippen molar-refractivity contribution in [3.63, 3.8) is 0 Å². The molecular formula is C15H12F3NO3. The lowest BCUT2D eigenvalue weighted by molar-refractivity contribution is -0.144. The highest BCUT2D eigenvalue weighted by Crippen LogP contribution is 2.43. The van der Waals surface area contributed by atoms with E-state index in [0.717, 1.165) is 12.1 Å². The molecule has 0 saturated heterocycles. The first-order valence-electron chi connectivity index (χ1n) is 6.63. The van der Waals surface area contributed by atoms with Crippen LogP contribution in [0, 0.1) is 17.5 Å². The summed E-state index contributed by atoms with van der Waals surface area (Å²) in [4.78, 5) is 23.9. The van der Waals surface area contributed by atoms with Gasteiger partial charge < -0.3 is 10.1 Å². The van der Waals surface area contributed by atoms with Crippen LogP contribution in [0.25, 0.3) is 0 Å². The molecule has 1 N–H and O–H groups in total. The van der Waals surface area contributed by atoms with Gasteiger partial charge in [-0.2, -0.15) is 0 Å². The van der Waals surface area contributed by atoms with E-state index in [9.17, 15) is 22.8 Å². The molecular weight excluding hydrogens is 299 g/mol. The van der Waals surface area contributed by atoms with Crippen molar-refractivity contribution in [2.45, 2.75) is 31.8 Å². The monoisotopic (exact) mass is 311 g/mol. The Labute approximate surface area is 123 Å². The number of hydrogen-bond acceptors (Lipinski definition) is 3.